The largest absolute Gasteiger partial charge is 0.491 e. The van der Waals surface area contributed by atoms with Crippen LogP contribution in [0.15, 0.2) is 40.9 Å². The van der Waals surface area contributed by atoms with Crippen molar-refractivity contribution in [3.8, 4) is 11.8 Å². The number of nitriles is 1. The molecule has 102 valence electrons. The van der Waals surface area contributed by atoms with Crippen LogP contribution in [0.4, 0.5) is 15.8 Å². The van der Waals surface area contributed by atoms with Crippen LogP contribution in [0.5, 0.6) is 5.75 Å². The number of nitrogens with one attached hydrogen (secondary N) is 1. The van der Waals surface area contributed by atoms with Gasteiger partial charge in [0.15, 0.2) is 11.6 Å². The second-order valence-electron chi connectivity index (χ2n) is 3.98. The first-order valence-electron chi connectivity index (χ1n) is 6.03. The summed E-state index contributed by atoms with van der Waals surface area (Å²) in [5, 5.41) is 12.2. The van der Waals surface area contributed by atoms with Gasteiger partial charge in [-0.15, -0.1) is 0 Å². The predicted molar refractivity (Wildman–Crippen MR) is 79.7 cm³/mol. The monoisotopic (exact) mass is 334 g/mol. The van der Waals surface area contributed by atoms with Crippen molar-refractivity contribution in [2.75, 3.05) is 11.9 Å². The zero-order valence-corrected chi connectivity index (χ0v) is 12.4. The lowest BCUT2D eigenvalue weighted by Gasteiger charge is -2.11. The summed E-state index contributed by atoms with van der Waals surface area (Å²) in [7, 11) is 0. The molecule has 0 aliphatic rings. The minimum atomic E-state index is -0.439. The van der Waals surface area contributed by atoms with Gasteiger partial charge in [-0.05, 0) is 47.1 Å². The summed E-state index contributed by atoms with van der Waals surface area (Å²) in [6.45, 7) is 2.21. The summed E-state index contributed by atoms with van der Waals surface area (Å²) in [6.07, 6.45) is 0. The van der Waals surface area contributed by atoms with E-state index >= 15 is 0 Å². The first-order chi connectivity index (χ1) is 9.65. The first kappa shape index (κ1) is 14.4. The van der Waals surface area contributed by atoms with Crippen LogP contribution in [-0.2, 0) is 0 Å². The maximum Gasteiger partial charge on any atom is 0.167 e. The van der Waals surface area contributed by atoms with E-state index in [9.17, 15) is 4.39 Å². The zero-order chi connectivity index (χ0) is 14.5. The van der Waals surface area contributed by atoms with Crippen molar-refractivity contribution in [2.24, 2.45) is 0 Å². The molecule has 1 N–H and O–H groups in total. The number of hydrogen-bond donors (Lipinski definition) is 1. The van der Waals surface area contributed by atoms with Gasteiger partial charge in [0.05, 0.1) is 17.9 Å². The maximum absolute atomic E-state index is 13.8. The zero-order valence-electron chi connectivity index (χ0n) is 10.8. The van der Waals surface area contributed by atoms with Crippen molar-refractivity contribution in [3.63, 3.8) is 0 Å². The maximum atomic E-state index is 13.8. The second-order valence-corrected chi connectivity index (χ2v) is 4.83. The number of anilines is 2. The highest BCUT2D eigenvalue weighted by Gasteiger charge is 2.08. The number of halogens is 2. The third kappa shape index (κ3) is 3.09. The molecule has 0 saturated carbocycles. The molecule has 0 fully saturated rings. The molecular weight excluding hydrogens is 323 g/mol. The minimum absolute atomic E-state index is 0.216. The number of rotatable bonds is 4. The van der Waals surface area contributed by atoms with Crippen LogP contribution >= 0.6 is 15.9 Å². The lowest BCUT2D eigenvalue weighted by Crippen LogP contribution is -1.98. The van der Waals surface area contributed by atoms with Crippen LogP contribution in [0.1, 0.15) is 12.5 Å². The molecule has 20 heavy (non-hydrogen) atoms. The Bertz CT molecular complexity index is 667. The standard InChI is InChI=1S/C15H12BrFN2O/c1-2-20-15-7-6-10(8-13(15)17)19-14-5-3-4-12(16)11(14)9-18/h3-8,19H,2H2,1H3. The fourth-order valence-electron chi connectivity index (χ4n) is 1.75. The Morgan fingerprint density at radius 3 is 2.80 bits per heavy atom. The third-order valence-corrected chi connectivity index (χ3v) is 3.30. The quantitative estimate of drug-likeness (QED) is 0.888. The van der Waals surface area contributed by atoms with E-state index in [1.165, 1.54) is 6.07 Å². The van der Waals surface area contributed by atoms with Crippen LogP contribution in [0.25, 0.3) is 0 Å². The lowest BCUT2D eigenvalue weighted by atomic mass is 10.2. The Hall–Kier alpha value is -2.06. The van der Waals surface area contributed by atoms with Gasteiger partial charge < -0.3 is 10.1 Å². The lowest BCUT2D eigenvalue weighted by molar-refractivity contribution is 0.321. The van der Waals surface area contributed by atoms with E-state index in [0.717, 1.165) is 0 Å². The normalized spacial score (nSPS) is 9.90. The highest BCUT2D eigenvalue weighted by Crippen LogP contribution is 2.28. The van der Waals surface area contributed by atoms with Crippen LogP contribution in [0.2, 0.25) is 0 Å². The summed E-state index contributed by atoms with van der Waals surface area (Å²) >= 11 is 3.31. The van der Waals surface area contributed by atoms with Gasteiger partial charge in [0.1, 0.15) is 6.07 Å². The van der Waals surface area contributed by atoms with Gasteiger partial charge in [-0.25, -0.2) is 4.39 Å². The molecule has 2 aromatic carbocycles. The molecule has 0 atom stereocenters. The van der Waals surface area contributed by atoms with E-state index < -0.39 is 5.82 Å². The fourth-order valence-corrected chi connectivity index (χ4v) is 2.20. The van der Waals surface area contributed by atoms with E-state index in [2.05, 4.69) is 27.3 Å². The van der Waals surface area contributed by atoms with Gasteiger partial charge in [-0.2, -0.15) is 5.26 Å². The molecule has 0 spiro atoms. The second kappa shape index (κ2) is 6.40. The molecule has 0 aliphatic carbocycles. The summed E-state index contributed by atoms with van der Waals surface area (Å²) in [5.74, 6) is -0.224. The van der Waals surface area contributed by atoms with Gasteiger partial charge in [-0.3, -0.25) is 0 Å². The topological polar surface area (TPSA) is 45.0 Å². The van der Waals surface area contributed by atoms with E-state index in [1.54, 1.807) is 37.3 Å². The number of benzene rings is 2. The molecule has 5 heteroatoms. The Morgan fingerprint density at radius 1 is 1.35 bits per heavy atom. The molecular formula is C15H12BrFN2O. The van der Waals surface area contributed by atoms with E-state index in [-0.39, 0.29) is 5.75 Å². The molecule has 0 unspecified atom stereocenters. The van der Waals surface area contributed by atoms with Crippen molar-refractivity contribution in [2.45, 2.75) is 6.92 Å². The molecule has 0 radical (unpaired) electrons. The Balaban J connectivity index is 2.29. The molecule has 2 aromatic rings. The molecule has 2 rings (SSSR count). The summed E-state index contributed by atoms with van der Waals surface area (Å²) in [4.78, 5) is 0. The predicted octanol–water partition coefficient (Wildman–Crippen LogP) is 4.60. The Kier molecular flexibility index (Phi) is 4.59. The van der Waals surface area contributed by atoms with E-state index in [4.69, 9.17) is 10.00 Å². The number of ether oxygens (including phenoxy) is 1. The fraction of sp³-hybridized carbons (Fsp3) is 0.133. The van der Waals surface area contributed by atoms with E-state index in [1.807, 2.05) is 0 Å². The van der Waals surface area contributed by atoms with Gasteiger partial charge in [0.2, 0.25) is 0 Å². The van der Waals surface area contributed by atoms with Gasteiger partial charge in [0.25, 0.3) is 0 Å². The van der Waals surface area contributed by atoms with Crippen LogP contribution in [0, 0.1) is 17.1 Å². The molecule has 0 aromatic heterocycles. The smallest absolute Gasteiger partial charge is 0.167 e. The van der Waals surface area contributed by atoms with E-state index in [0.29, 0.717) is 28.0 Å². The highest BCUT2D eigenvalue weighted by molar-refractivity contribution is 9.10. The third-order valence-electron chi connectivity index (χ3n) is 2.64. The van der Waals surface area contributed by atoms with Crippen LogP contribution in [0.3, 0.4) is 0 Å². The van der Waals surface area contributed by atoms with Crippen molar-refractivity contribution in [1.82, 2.24) is 0 Å². The Labute approximate surface area is 125 Å². The molecule has 0 saturated heterocycles. The molecule has 0 aliphatic heterocycles. The summed E-state index contributed by atoms with van der Waals surface area (Å²) in [5.41, 5.74) is 1.65. The Morgan fingerprint density at radius 2 is 2.15 bits per heavy atom. The SMILES string of the molecule is CCOc1ccc(Nc2cccc(Br)c2C#N)cc1F. The molecule has 0 amide bonds. The van der Waals surface area contributed by atoms with Crippen molar-refractivity contribution in [3.05, 3.63) is 52.3 Å². The molecule has 0 heterocycles. The average Bonchev–Trinajstić information content (AvgIpc) is 2.42. The van der Waals surface area contributed by atoms with Crippen molar-refractivity contribution in [1.29, 1.82) is 5.26 Å². The highest BCUT2D eigenvalue weighted by atomic mass is 79.9. The minimum Gasteiger partial charge on any atom is -0.491 e. The van der Waals surface area contributed by atoms with Crippen molar-refractivity contribution >= 4 is 27.3 Å². The number of nitrogens with zero attached hydrogens (tertiary/aromatic N) is 1. The first-order valence-corrected chi connectivity index (χ1v) is 6.83. The summed E-state index contributed by atoms with van der Waals surface area (Å²) < 4.78 is 19.6. The van der Waals surface area contributed by atoms with Gasteiger partial charge in [-0.1, -0.05) is 6.07 Å². The molecule has 0 bridgehead atoms. The average molecular weight is 335 g/mol. The van der Waals surface area contributed by atoms with Crippen LogP contribution in [-0.4, -0.2) is 6.61 Å². The molecule has 3 nitrogen and oxygen atoms in total. The number of hydrogen-bond acceptors (Lipinski definition) is 3. The van der Waals surface area contributed by atoms with Crippen molar-refractivity contribution < 1.29 is 9.13 Å². The summed E-state index contributed by atoms with van der Waals surface area (Å²) in [6, 6.07) is 12.1. The van der Waals surface area contributed by atoms with Gasteiger partial charge in [0, 0.05) is 16.2 Å². The van der Waals surface area contributed by atoms with Gasteiger partial charge >= 0.3 is 0 Å². The van der Waals surface area contributed by atoms with Crippen LogP contribution < -0.4 is 10.1 Å².